The largest absolute Gasteiger partial charge is 0.472 e. The molecule has 0 aliphatic rings. The second kappa shape index (κ2) is 21.1. The molecule has 0 saturated heterocycles. The highest BCUT2D eigenvalue weighted by molar-refractivity contribution is 5.69. The fraction of sp³-hybridized carbons (Fsp3) is 0.583. The SMILES string of the molecule is CCC(C)CCCCCCCCCCC(=O)OC(C=C(C)CC=Cc1ccoc1)CC(C)=CCCc1ccoc1. The Bertz CT molecular complexity index is 978. The van der Waals surface area contributed by atoms with Crippen LogP contribution in [0.15, 0.2) is 75.4 Å². The Morgan fingerprint density at radius 2 is 1.62 bits per heavy atom. The third-order valence-corrected chi connectivity index (χ3v) is 7.60. The van der Waals surface area contributed by atoms with E-state index in [2.05, 4.69) is 52.0 Å². The van der Waals surface area contributed by atoms with Crippen LogP contribution in [-0.2, 0) is 16.0 Å². The second-order valence-corrected chi connectivity index (χ2v) is 11.5. The van der Waals surface area contributed by atoms with Crippen molar-refractivity contribution in [3.8, 4) is 0 Å². The van der Waals surface area contributed by atoms with Crippen molar-refractivity contribution in [3.05, 3.63) is 77.7 Å². The number of carbonyl (C=O) groups excluding carboxylic acids is 1. The van der Waals surface area contributed by atoms with Crippen LogP contribution in [0.2, 0.25) is 0 Å². The number of aryl methyl sites for hydroxylation is 1. The molecule has 0 amide bonds. The Hall–Kier alpha value is -2.75. The summed E-state index contributed by atoms with van der Waals surface area (Å²) in [5, 5.41) is 0. The van der Waals surface area contributed by atoms with Crippen molar-refractivity contribution in [2.75, 3.05) is 0 Å². The molecule has 0 bridgehead atoms. The molecule has 0 saturated carbocycles. The van der Waals surface area contributed by atoms with E-state index in [0.29, 0.717) is 6.42 Å². The summed E-state index contributed by atoms with van der Waals surface area (Å²) in [5.74, 6) is 0.787. The van der Waals surface area contributed by atoms with Gasteiger partial charge in [-0.3, -0.25) is 4.79 Å². The summed E-state index contributed by atoms with van der Waals surface area (Å²) in [6.07, 6.45) is 31.7. The maximum atomic E-state index is 12.7. The predicted molar refractivity (Wildman–Crippen MR) is 167 cm³/mol. The lowest BCUT2D eigenvalue weighted by Crippen LogP contribution is -2.17. The van der Waals surface area contributed by atoms with Crippen molar-refractivity contribution >= 4 is 12.0 Å². The molecule has 2 atom stereocenters. The molecule has 0 aliphatic heterocycles. The molecule has 2 aromatic rings. The van der Waals surface area contributed by atoms with Crippen molar-refractivity contribution in [2.24, 2.45) is 5.92 Å². The fourth-order valence-corrected chi connectivity index (χ4v) is 4.85. The maximum absolute atomic E-state index is 12.7. The molecule has 0 radical (unpaired) electrons. The number of ether oxygens (including phenoxy) is 1. The summed E-state index contributed by atoms with van der Waals surface area (Å²) < 4.78 is 16.3. The zero-order valence-corrected chi connectivity index (χ0v) is 25.7. The minimum Gasteiger partial charge on any atom is -0.472 e. The minimum atomic E-state index is -0.240. The molecule has 2 aromatic heterocycles. The first-order chi connectivity index (χ1) is 19.5. The van der Waals surface area contributed by atoms with Crippen LogP contribution in [0.4, 0.5) is 0 Å². The Morgan fingerprint density at radius 1 is 0.925 bits per heavy atom. The molecular weight excluding hydrogens is 496 g/mol. The first-order valence-electron chi connectivity index (χ1n) is 15.7. The molecule has 4 nitrogen and oxygen atoms in total. The van der Waals surface area contributed by atoms with Gasteiger partial charge in [0.1, 0.15) is 6.10 Å². The molecule has 0 aromatic carbocycles. The van der Waals surface area contributed by atoms with E-state index >= 15 is 0 Å². The number of rotatable bonds is 22. The molecule has 4 heteroatoms. The highest BCUT2D eigenvalue weighted by Crippen LogP contribution is 2.18. The molecule has 2 rings (SSSR count). The van der Waals surface area contributed by atoms with E-state index in [1.54, 1.807) is 25.1 Å². The number of carbonyl (C=O) groups is 1. The molecule has 222 valence electrons. The van der Waals surface area contributed by atoms with Crippen LogP contribution in [0, 0.1) is 5.92 Å². The number of hydrogen-bond acceptors (Lipinski definition) is 4. The lowest BCUT2D eigenvalue weighted by molar-refractivity contribution is -0.147. The summed E-state index contributed by atoms with van der Waals surface area (Å²) in [4.78, 5) is 12.7. The van der Waals surface area contributed by atoms with Gasteiger partial charge in [-0.15, -0.1) is 0 Å². The average molecular weight is 551 g/mol. The van der Waals surface area contributed by atoms with E-state index < -0.39 is 0 Å². The van der Waals surface area contributed by atoms with Gasteiger partial charge in [0.05, 0.1) is 25.1 Å². The van der Waals surface area contributed by atoms with Crippen LogP contribution in [0.5, 0.6) is 0 Å². The van der Waals surface area contributed by atoms with Crippen LogP contribution in [0.1, 0.15) is 129 Å². The van der Waals surface area contributed by atoms with Gasteiger partial charge in [-0.2, -0.15) is 0 Å². The average Bonchev–Trinajstić information content (AvgIpc) is 3.64. The molecule has 0 spiro atoms. The zero-order valence-electron chi connectivity index (χ0n) is 25.7. The summed E-state index contributed by atoms with van der Waals surface area (Å²) in [6.45, 7) is 8.87. The Labute approximate surface area is 244 Å². The summed E-state index contributed by atoms with van der Waals surface area (Å²) in [6, 6.07) is 3.94. The third-order valence-electron chi connectivity index (χ3n) is 7.60. The van der Waals surface area contributed by atoms with Gasteiger partial charge in [0, 0.05) is 18.4 Å². The highest BCUT2D eigenvalue weighted by atomic mass is 16.5. The number of unbranched alkanes of at least 4 members (excludes halogenated alkanes) is 7. The summed E-state index contributed by atoms with van der Waals surface area (Å²) in [7, 11) is 0. The number of hydrogen-bond donors (Lipinski definition) is 0. The van der Waals surface area contributed by atoms with Crippen LogP contribution in [0.25, 0.3) is 6.08 Å². The van der Waals surface area contributed by atoms with Gasteiger partial charge in [0.15, 0.2) is 0 Å². The highest BCUT2D eigenvalue weighted by Gasteiger charge is 2.13. The lowest BCUT2D eigenvalue weighted by atomic mass is 9.99. The van der Waals surface area contributed by atoms with Gasteiger partial charge in [0.2, 0.25) is 0 Å². The van der Waals surface area contributed by atoms with E-state index in [1.807, 2.05) is 12.1 Å². The van der Waals surface area contributed by atoms with Gasteiger partial charge >= 0.3 is 5.97 Å². The van der Waals surface area contributed by atoms with Gasteiger partial charge in [-0.05, 0) is 69.2 Å². The molecule has 0 aliphatic carbocycles. The van der Waals surface area contributed by atoms with Crippen molar-refractivity contribution in [3.63, 3.8) is 0 Å². The summed E-state index contributed by atoms with van der Waals surface area (Å²) in [5.41, 5.74) is 4.68. The first-order valence-corrected chi connectivity index (χ1v) is 15.7. The Morgan fingerprint density at radius 3 is 2.30 bits per heavy atom. The van der Waals surface area contributed by atoms with Crippen LogP contribution in [0.3, 0.4) is 0 Å². The topological polar surface area (TPSA) is 52.6 Å². The molecule has 0 fully saturated rings. The van der Waals surface area contributed by atoms with E-state index in [9.17, 15) is 4.79 Å². The molecule has 0 N–H and O–H groups in total. The molecule has 40 heavy (non-hydrogen) atoms. The van der Waals surface area contributed by atoms with Crippen molar-refractivity contribution in [1.82, 2.24) is 0 Å². The van der Waals surface area contributed by atoms with Gasteiger partial charge < -0.3 is 13.6 Å². The van der Waals surface area contributed by atoms with Gasteiger partial charge in [-0.25, -0.2) is 0 Å². The molecule has 2 heterocycles. The van der Waals surface area contributed by atoms with Gasteiger partial charge in [-0.1, -0.05) is 101 Å². The quantitative estimate of drug-likeness (QED) is 0.0831. The zero-order chi connectivity index (χ0) is 28.8. The number of furan rings is 2. The first kappa shape index (κ1) is 33.5. The molecular formula is C36H54O4. The fourth-order valence-electron chi connectivity index (χ4n) is 4.85. The van der Waals surface area contributed by atoms with Crippen LogP contribution < -0.4 is 0 Å². The monoisotopic (exact) mass is 550 g/mol. The van der Waals surface area contributed by atoms with E-state index in [4.69, 9.17) is 13.6 Å². The Kier molecular flexibility index (Phi) is 17.6. The minimum absolute atomic E-state index is 0.0840. The number of esters is 1. The van der Waals surface area contributed by atoms with E-state index in [0.717, 1.165) is 50.0 Å². The van der Waals surface area contributed by atoms with E-state index in [-0.39, 0.29) is 12.1 Å². The van der Waals surface area contributed by atoms with Crippen LogP contribution >= 0.6 is 0 Å². The van der Waals surface area contributed by atoms with Crippen molar-refractivity contribution in [2.45, 2.75) is 130 Å². The van der Waals surface area contributed by atoms with Crippen molar-refractivity contribution in [1.29, 1.82) is 0 Å². The smallest absolute Gasteiger partial charge is 0.306 e. The standard InChI is InChI=1S/C36H54O4/c1-5-30(2)16-12-10-8-6-7-9-11-13-21-36(37)40-35(26-31(3)17-14-19-33-22-24-38-28-33)27-32(4)18-15-20-34-23-25-39-29-34/h14,18-19,22-26,28-30,35H,5-13,15-17,20-21,27H2,1-4H3. The second-order valence-electron chi connectivity index (χ2n) is 11.5. The molecule has 2 unspecified atom stereocenters. The summed E-state index contributed by atoms with van der Waals surface area (Å²) >= 11 is 0. The number of allylic oxidation sites excluding steroid dienone is 3. The van der Waals surface area contributed by atoms with E-state index in [1.165, 1.54) is 68.1 Å². The maximum Gasteiger partial charge on any atom is 0.306 e. The van der Waals surface area contributed by atoms with Crippen molar-refractivity contribution < 1.29 is 18.4 Å². The van der Waals surface area contributed by atoms with Gasteiger partial charge in [0.25, 0.3) is 0 Å². The Balaban J connectivity index is 1.74. The van der Waals surface area contributed by atoms with Crippen LogP contribution in [-0.4, -0.2) is 12.1 Å². The predicted octanol–water partition coefficient (Wildman–Crippen LogP) is 11.1. The third kappa shape index (κ3) is 16.4. The lowest BCUT2D eigenvalue weighted by Gasteiger charge is -2.16. The normalized spacial score (nSPS) is 14.1.